The lowest BCUT2D eigenvalue weighted by atomic mass is 10.1. The Labute approximate surface area is 219 Å². The first kappa shape index (κ1) is 28.0. The van der Waals surface area contributed by atoms with Crippen molar-refractivity contribution < 1.29 is 18.9 Å². The summed E-state index contributed by atoms with van der Waals surface area (Å²) in [6.07, 6.45) is 0. The molecule has 7 nitrogen and oxygen atoms in total. The third kappa shape index (κ3) is 8.81. The zero-order chi connectivity index (χ0) is 25.0. The van der Waals surface area contributed by atoms with Crippen LogP contribution in [0.3, 0.4) is 0 Å². The molecule has 0 bridgehead atoms. The van der Waals surface area contributed by atoms with Gasteiger partial charge in [0.05, 0.1) is 40.1 Å². The van der Waals surface area contributed by atoms with Gasteiger partial charge in [0.2, 0.25) is 0 Å². The number of pyridine rings is 1. The number of fused-ring (bicyclic) bond motifs is 1. The molecule has 2 heterocycles. The van der Waals surface area contributed by atoms with Crippen molar-refractivity contribution in [3.05, 3.63) is 18.2 Å². The average molecular weight is 524 g/mol. The summed E-state index contributed by atoms with van der Waals surface area (Å²) in [5.41, 5.74) is 1.90. The molecule has 0 radical (unpaired) electrons. The summed E-state index contributed by atoms with van der Waals surface area (Å²) in [7, 11) is 5.77. The van der Waals surface area contributed by atoms with Gasteiger partial charge in [0.25, 0.3) is 0 Å². The van der Waals surface area contributed by atoms with Crippen LogP contribution in [0.15, 0.2) is 18.2 Å². The number of benzene rings is 1. The van der Waals surface area contributed by atoms with E-state index in [2.05, 4.69) is 35.8 Å². The van der Waals surface area contributed by atoms with Crippen molar-refractivity contribution in [2.45, 2.75) is 13.8 Å². The number of ether oxygens (including phenoxy) is 4. The Balaban J connectivity index is 1.94. The molecule has 1 aromatic heterocycles. The van der Waals surface area contributed by atoms with Crippen LogP contribution in [0.5, 0.6) is 11.5 Å². The SMILES string of the molecule is COc1cc(N(C)C)cc2c(OCC(C)C)cc(N3CCSCCOCCOCCSCC3)nc12. The minimum absolute atomic E-state index is 0.427. The van der Waals surface area contributed by atoms with Gasteiger partial charge in [-0.05, 0) is 12.0 Å². The fourth-order valence-electron chi connectivity index (χ4n) is 3.64. The highest BCUT2D eigenvalue weighted by Gasteiger charge is 2.18. The Bertz CT molecular complexity index is 898. The minimum Gasteiger partial charge on any atom is -0.494 e. The highest BCUT2D eigenvalue weighted by molar-refractivity contribution is 7.99. The summed E-state index contributed by atoms with van der Waals surface area (Å²) in [6.45, 7) is 9.69. The Hall–Kier alpha value is -1.55. The van der Waals surface area contributed by atoms with Gasteiger partial charge in [-0.15, -0.1) is 0 Å². The van der Waals surface area contributed by atoms with Crippen LogP contribution in [0.25, 0.3) is 10.9 Å². The van der Waals surface area contributed by atoms with Gasteiger partial charge in [-0.1, -0.05) is 13.8 Å². The number of hydrogen-bond acceptors (Lipinski definition) is 9. The van der Waals surface area contributed by atoms with Crippen molar-refractivity contribution in [1.82, 2.24) is 4.98 Å². The van der Waals surface area contributed by atoms with Crippen LogP contribution in [0.1, 0.15) is 13.8 Å². The number of rotatable bonds is 6. The van der Waals surface area contributed by atoms with Crippen molar-refractivity contribution in [2.75, 3.05) is 100 Å². The summed E-state index contributed by atoms with van der Waals surface area (Å²) < 4.78 is 23.5. The normalized spacial score (nSPS) is 17.1. The van der Waals surface area contributed by atoms with Gasteiger partial charge in [0, 0.05) is 73.4 Å². The fraction of sp³-hybridized carbons (Fsp3) is 0.654. The smallest absolute Gasteiger partial charge is 0.147 e. The monoisotopic (exact) mass is 523 g/mol. The highest BCUT2D eigenvalue weighted by atomic mass is 32.2. The lowest BCUT2D eigenvalue weighted by Gasteiger charge is -2.26. The van der Waals surface area contributed by atoms with E-state index in [1.807, 2.05) is 43.7 Å². The molecule has 0 spiro atoms. The zero-order valence-corrected chi connectivity index (χ0v) is 23.5. The van der Waals surface area contributed by atoms with E-state index in [1.54, 1.807) is 7.11 Å². The molecular weight excluding hydrogens is 482 g/mol. The Kier molecular flexibility index (Phi) is 11.9. The number of hydrogen-bond donors (Lipinski definition) is 0. The van der Waals surface area contributed by atoms with Crippen LogP contribution >= 0.6 is 23.5 Å². The van der Waals surface area contributed by atoms with Gasteiger partial charge in [-0.25, -0.2) is 4.98 Å². The lowest BCUT2D eigenvalue weighted by Crippen LogP contribution is -2.29. The maximum Gasteiger partial charge on any atom is 0.147 e. The Morgan fingerprint density at radius 1 is 0.943 bits per heavy atom. The van der Waals surface area contributed by atoms with Gasteiger partial charge >= 0.3 is 0 Å². The third-order valence-electron chi connectivity index (χ3n) is 5.57. The van der Waals surface area contributed by atoms with Gasteiger partial charge in [0.15, 0.2) is 0 Å². The molecule has 35 heavy (non-hydrogen) atoms. The molecule has 0 unspecified atom stereocenters. The molecule has 196 valence electrons. The number of thioether (sulfide) groups is 2. The van der Waals surface area contributed by atoms with Crippen molar-refractivity contribution in [3.63, 3.8) is 0 Å². The number of nitrogens with zero attached hydrogens (tertiary/aromatic N) is 3. The predicted molar refractivity (Wildman–Crippen MR) is 151 cm³/mol. The predicted octanol–water partition coefficient (Wildman–Crippen LogP) is 4.66. The van der Waals surface area contributed by atoms with Gasteiger partial charge in [0.1, 0.15) is 22.8 Å². The first-order chi connectivity index (χ1) is 17.0. The molecule has 1 aliphatic rings. The van der Waals surface area contributed by atoms with E-state index < -0.39 is 0 Å². The fourth-order valence-corrected chi connectivity index (χ4v) is 5.22. The topological polar surface area (TPSA) is 56.3 Å². The maximum absolute atomic E-state index is 6.34. The van der Waals surface area contributed by atoms with Crippen LogP contribution in [0.4, 0.5) is 11.5 Å². The van der Waals surface area contributed by atoms with E-state index >= 15 is 0 Å². The average Bonchev–Trinajstić information content (AvgIpc) is 2.85. The summed E-state index contributed by atoms with van der Waals surface area (Å²) in [6, 6.07) is 6.30. The van der Waals surface area contributed by atoms with E-state index in [4.69, 9.17) is 23.9 Å². The van der Waals surface area contributed by atoms with Gasteiger partial charge in [-0.2, -0.15) is 23.5 Å². The summed E-state index contributed by atoms with van der Waals surface area (Å²) in [4.78, 5) is 9.56. The van der Waals surface area contributed by atoms with Crippen LogP contribution in [0.2, 0.25) is 0 Å². The lowest BCUT2D eigenvalue weighted by molar-refractivity contribution is 0.0605. The molecule has 0 saturated carbocycles. The van der Waals surface area contributed by atoms with Crippen molar-refractivity contribution >= 4 is 45.9 Å². The van der Waals surface area contributed by atoms with Gasteiger partial charge in [-0.3, -0.25) is 0 Å². The van der Waals surface area contributed by atoms with E-state index in [-0.39, 0.29) is 0 Å². The largest absolute Gasteiger partial charge is 0.494 e. The van der Waals surface area contributed by atoms with Crippen LogP contribution in [0, 0.1) is 5.92 Å². The van der Waals surface area contributed by atoms with Crippen LogP contribution in [-0.4, -0.2) is 95.3 Å². The molecule has 1 fully saturated rings. The second kappa shape index (κ2) is 14.9. The maximum atomic E-state index is 6.34. The third-order valence-corrected chi connectivity index (χ3v) is 7.42. The molecular formula is C26H41N3O4S2. The molecule has 0 amide bonds. The van der Waals surface area contributed by atoms with E-state index in [9.17, 15) is 0 Å². The Morgan fingerprint density at radius 2 is 1.60 bits per heavy atom. The molecule has 3 rings (SSSR count). The molecule has 0 aliphatic carbocycles. The Morgan fingerprint density at radius 3 is 2.17 bits per heavy atom. The van der Waals surface area contributed by atoms with Crippen LogP contribution < -0.4 is 19.3 Å². The number of methoxy groups -OCH3 is 1. The highest BCUT2D eigenvalue weighted by Crippen LogP contribution is 2.38. The van der Waals surface area contributed by atoms with E-state index in [0.717, 1.165) is 83.2 Å². The van der Waals surface area contributed by atoms with Crippen molar-refractivity contribution in [3.8, 4) is 11.5 Å². The van der Waals surface area contributed by atoms with Gasteiger partial charge < -0.3 is 28.7 Å². The second-order valence-corrected chi connectivity index (χ2v) is 11.5. The second-order valence-electron chi connectivity index (χ2n) is 9.06. The standard InChI is InChI=1S/C26H41N3O4S2/c1-20(2)19-33-23-18-25(27-26-22(23)16-21(28(3)4)17-24(26)30-5)29-6-12-34-14-10-31-8-9-32-11-15-35-13-7-29/h16-18,20H,6-15,19H2,1-5H3. The summed E-state index contributed by atoms with van der Waals surface area (Å²) >= 11 is 3.83. The first-order valence-electron chi connectivity index (χ1n) is 12.4. The quantitative estimate of drug-likeness (QED) is 0.538. The summed E-state index contributed by atoms with van der Waals surface area (Å²) in [5, 5.41) is 0.980. The van der Waals surface area contributed by atoms with E-state index in [1.165, 1.54) is 0 Å². The molecule has 9 heteroatoms. The summed E-state index contributed by atoms with van der Waals surface area (Å²) in [5.74, 6) is 6.99. The van der Waals surface area contributed by atoms with E-state index in [0.29, 0.717) is 25.7 Å². The minimum atomic E-state index is 0.427. The molecule has 1 aliphatic heterocycles. The molecule has 0 N–H and O–H groups in total. The van der Waals surface area contributed by atoms with Crippen molar-refractivity contribution in [2.24, 2.45) is 5.92 Å². The first-order valence-corrected chi connectivity index (χ1v) is 14.7. The zero-order valence-electron chi connectivity index (χ0n) is 21.9. The molecule has 1 saturated heterocycles. The molecule has 1 aromatic carbocycles. The van der Waals surface area contributed by atoms with Crippen molar-refractivity contribution in [1.29, 1.82) is 0 Å². The molecule has 0 atom stereocenters. The van der Waals surface area contributed by atoms with Crippen LogP contribution in [-0.2, 0) is 9.47 Å². The number of aromatic nitrogens is 1. The molecule has 2 aromatic rings. The number of anilines is 2.